The van der Waals surface area contributed by atoms with Gasteiger partial charge in [-0.1, -0.05) is 32.4 Å². The summed E-state index contributed by atoms with van der Waals surface area (Å²) >= 11 is 0. The minimum absolute atomic E-state index is 0.0455. The molecule has 0 saturated heterocycles. The van der Waals surface area contributed by atoms with Gasteiger partial charge in [0.15, 0.2) is 0 Å². The van der Waals surface area contributed by atoms with E-state index >= 15 is 0 Å². The molecule has 1 amide bonds. The average molecular weight is 235 g/mol. The number of amides is 1. The van der Waals surface area contributed by atoms with Gasteiger partial charge < -0.3 is 10.4 Å². The second-order valence-corrected chi connectivity index (χ2v) is 4.56. The van der Waals surface area contributed by atoms with Crippen molar-refractivity contribution in [3.05, 3.63) is 29.8 Å². The lowest BCUT2D eigenvalue weighted by Gasteiger charge is -2.10. The molecule has 2 atom stereocenters. The number of aliphatic hydroxyl groups excluding tert-OH is 1. The summed E-state index contributed by atoms with van der Waals surface area (Å²) in [5.41, 5.74) is 1.63. The average Bonchev–Trinajstić information content (AvgIpc) is 2.29. The van der Waals surface area contributed by atoms with Crippen molar-refractivity contribution in [2.75, 3.05) is 5.32 Å². The molecule has 3 nitrogen and oxygen atoms in total. The third-order valence-electron chi connectivity index (χ3n) is 2.91. The number of carbonyl (C=O) groups excluding carboxylic acids is 1. The highest BCUT2D eigenvalue weighted by Gasteiger charge is 2.07. The molecule has 1 aromatic rings. The van der Waals surface area contributed by atoms with Crippen LogP contribution >= 0.6 is 0 Å². The molecule has 0 aliphatic heterocycles. The van der Waals surface area contributed by atoms with E-state index in [0.717, 1.165) is 17.7 Å². The predicted octanol–water partition coefficient (Wildman–Crippen LogP) is 3.11. The molecule has 0 bridgehead atoms. The maximum absolute atomic E-state index is 11.6. The highest BCUT2D eigenvalue weighted by atomic mass is 16.3. The number of benzene rings is 1. The van der Waals surface area contributed by atoms with Crippen LogP contribution in [0.4, 0.5) is 5.69 Å². The van der Waals surface area contributed by atoms with Crippen molar-refractivity contribution in [3.63, 3.8) is 0 Å². The van der Waals surface area contributed by atoms with Crippen LogP contribution in [0, 0.1) is 5.92 Å². The number of carbonyl (C=O) groups is 1. The van der Waals surface area contributed by atoms with Gasteiger partial charge in [-0.05, 0) is 30.5 Å². The van der Waals surface area contributed by atoms with Crippen LogP contribution in [0.2, 0.25) is 0 Å². The zero-order chi connectivity index (χ0) is 12.8. The standard InChI is InChI=1S/C14H21NO2/c1-4-10(2)9-14(17)15-13-7-5-12(6-8-13)11(3)16/h5-8,10-11,16H,4,9H2,1-3H3,(H,15,17). The SMILES string of the molecule is CCC(C)CC(=O)Nc1ccc(C(C)O)cc1. The second kappa shape index (κ2) is 6.40. The Kier molecular flexibility index (Phi) is 5.16. The summed E-state index contributed by atoms with van der Waals surface area (Å²) in [5, 5.41) is 12.2. The van der Waals surface area contributed by atoms with E-state index < -0.39 is 6.10 Å². The summed E-state index contributed by atoms with van der Waals surface area (Å²) in [6.07, 6.45) is 1.09. The molecule has 0 heterocycles. The van der Waals surface area contributed by atoms with Crippen LogP contribution < -0.4 is 5.32 Å². The van der Waals surface area contributed by atoms with Gasteiger partial charge in [-0.2, -0.15) is 0 Å². The van der Waals surface area contributed by atoms with Crippen LogP contribution in [0.25, 0.3) is 0 Å². The van der Waals surface area contributed by atoms with Gasteiger partial charge in [0.1, 0.15) is 0 Å². The van der Waals surface area contributed by atoms with Crippen LogP contribution in [-0.4, -0.2) is 11.0 Å². The molecule has 2 N–H and O–H groups in total. The summed E-state index contributed by atoms with van der Waals surface area (Å²) in [5.74, 6) is 0.455. The van der Waals surface area contributed by atoms with Gasteiger partial charge in [0.25, 0.3) is 0 Å². The number of hydrogen-bond donors (Lipinski definition) is 2. The first kappa shape index (κ1) is 13.7. The second-order valence-electron chi connectivity index (χ2n) is 4.56. The predicted molar refractivity (Wildman–Crippen MR) is 69.8 cm³/mol. The molecule has 1 rings (SSSR count). The molecule has 0 aliphatic rings. The lowest BCUT2D eigenvalue weighted by molar-refractivity contribution is -0.117. The van der Waals surface area contributed by atoms with Crippen molar-refractivity contribution in [2.45, 2.75) is 39.7 Å². The molecule has 94 valence electrons. The number of anilines is 1. The van der Waals surface area contributed by atoms with E-state index in [4.69, 9.17) is 0 Å². The molecular formula is C14H21NO2. The van der Waals surface area contributed by atoms with E-state index in [-0.39, 0.29) is 5.91 Å². The summed E-state index contributed by atoms with van der Waals surface area (Å²) in [4.78, 5) is 11.6. The third-order valence-corrected chi connectivity index (χ3v) is 2.91. The highest BCUT2D eigenvalue weighted by molar-refractivity contribution is 5.90. The summed E-state index contributed by atoms with van der Waals surface area (Å²) in [6, 6.07) is 7.28. The fourth-order valence-corrected chi connectivity index (χ4v) is 1.52. The van der Waals surface area contributed by atoms with Crippen molar-refractivity contribution in [2.24, 2.45) is 5.92 Å². The van der Waals surface area contributed by atoms with Crippen molar-refractivity contribution in [1.82, 2.24) is 0 Å². The zero-order valence-corrected chi connectivity index (χ0v) is 10.7. The number of aliphatic hydroxyl groups is 1. The minimum atomic E-state index is -0.472. The number of hydrogen-bond acceptors (Lipinski definition) is 2. The van der Waals surface area contributed by atoms with E-state index in [9.17, 15) is 9.90 Å². The first-order chi connectivity index (χ1) is 8.02. The topological polar surface area (TPSA) is 49.3 Å². The van der Waals surface area contributed by atoms with Gasteiger partial charge >= 0.3 is 0 Å². The first-order valence-corrected chi connectivity index (χ1v) is 6.10. The fourth-order valence-electron chi connectivity index (χ4n) is 1.52. The molecule has 1 aromatic carbocycles. The van der Waals surface area contributed by atoms with Gasteiger partial charge in [0.05, 0.1) is 6.10 Å². The largest absolute Gasteiger partial charge is 0.389 e. The summed E-state index contributed by atoms with van der Waals surface area (Å²) < 4.78 is 0. The Morgan fingerprint density at radius 1 is 1.29 bits per heavy atom. The quantitative estimate of drug-likeness (QED) is 0.823. The summed E-state index contributed by atoms with van der Waals surface area (Å²) in [6.45, 7) is 5.86. The smallest absolute Gasteiger partial charge is 0.224 e. The number of rotatable bonds is 5. The van der Waals surface area contributed by atoms with Crippen LogP contribution in [0.3, 0.4) is 0 Å². The van der Waals surface area contributed by atoms with E-state index in [1.54, 1.807) is 6.92 Å². The Bertz CT molecular complexity index is 357. The zero-order valence-electron chi connectivity index (χ0n) is 10.7. The highest BCUT2D eigenvalue weighted by Crippen LogP contribution is 2.16. The maximum Gasteiger partial charge on any atom is 0.224 e. The molecule has 17 heavy (non-hydrogen) atoms. The van der Waals surface area contributed by atoms with Crippen molar-refractivity contribution in [1.29, 1.82) is 0 Å². The van der Waals surface area contributed by atoms with Crippen LogP contribution in [0.1, 0.15) is 45.3 Å². The molecule has 2 unspecified atom stereocenters. The molecule has 0 aromatic heterocycles. The molecule has 0 aliphatic carbocycles. The molecule has 3 heteroatoms. The van der Waals surface area contributed by atoms with Gasteiger partial charge in [0.2, 0.25) is 5.91 Å². The van der Waals surface area contributed by atoms with E-state index in [1.807, 2.05) is 24.3 Å². The molecule has 0 saturated carbocycles. The Balaban J connectivity index is 2.54. The Morgan fingerprint density at radius 2 is 1.88 bits per heavy atom. The molecule has 0 fully saturated rings. The van der Waals surface area contributed by atoms with Crippen molar-refractivity contribution in [3.8, 4) is 0 Å². The van der Waals surface area contributed by atoms with Crippen LogP contribution in [-0.2, 0) is 4.79 Å². The van der Waals surface area contributed by atoms with Gasteiger partial charge in [0, 0.05) is 12.1 Å². The van der Waals surface area contributed by atoms with Gasteiger partial charge in [-0.3, -0.25) is 4.79 Å². The normalized spacial score (nSPS) is 14.1. The van der Waals surface area contributed by atoms with Crippen molar-refractivity contribution < 1.29 is 9.90 Å². The monoisotopic (exact) mass is 235 g/mol. The fraction of sp³-hybridized carbons (Fsp3) is 0.500. The van der Waals surface area contributed by atoms with E-state index in [2.05, 4.69) is 19.2 Å². The van der Waals surface area contributed by atoms with Gasteiger partial charge in [-0.15, -0.1) is 0 Å². The van der Waals surface area contributed by atoms with Gasteiger partial charge in [-0.25, -0.2) is 0 Å². The maximum atomic E-state index is 11.6. The molecule has 0 spiro atoms. The summed E-state index contributed by atoms with van der Waals surface area (Å²) in [7, 11) is 0. The number of nitrogens with one attached hydrogen (secondary N) is 1. The lowest BCUT2D eigenvalue weighted by atomic mass is 10.0. The first-order valence-electron chi connectivity index (χ1n) is 6.10. The lowest BCUT2D eigenvalue weighted by Crippen LogP contribution is -2.14. The minimum Gasteiger partial charge on any atom is -0.389 e. The molecular weight excluding hydrogens is 214 g/mol. The third kappa shape index (κ3) is 4.57. The van der Waals surface area contributed by atoms with E-state index in [1.165, 1.54) is 0 Å². The molecule has 0 radical (unpaired) electrons. The van der Waals surface area contributed by atoms with Crippen molar-refractivity contribution >= 4 is 11.6 Å². The Labute approximate surface area is 103 Å². The van der Waals surface area contributed by atoms with E-state index in [0.29, 0.717) is 12.3 Å². The van der Waals surface area contributed by atoms with Crippen LogP contribution in [0.15, 0.2) is 24.3 Å². The van der Waals surface area contributed by atoms with Crippen LogP contribution in [0.5, 0.6) is 0 Å². The Morgan fingerprint density at radius 3 is 2.35 bits per heavy atom. The Hall–Kier alpha value is -1.35.